The number of carbonyl (C=O) groups is 2. The first-order chi connectivity index (χ1) is 10.0. The smallest absolute Gasteiger partial charge is 0.305 e. The van der Waals surface area contributed by atoms with Crippen LogP contribution < -0.4 is 4.74 Å². The zero-order valence-corrected chi connectivity index (χ0v) is 11.5. The van der Waals surface area contributed by atoms with Crippen molar-refractivity contribution < 1.29 is 28.6 Å². The van der Waals surface area contributed by atoms with E-state index in [4.69, 9.17) is 14.6 Å². The number of amides is 1. The highest BCUT2D eigenvalue weighted by atomic mass is 19.1. The van der Waals surface area contributed by atoms with Crippen LogP contribution in [0.2, 0.25) is 0 Å². The summed E-state index contributed by atoms with van der Waals surface area (Å²) >= 11 is 0. The molecule has 1 aliphatic heterocycles. The predicted octanol–water partition coefficient (Wildman–Crippen LogP) is 1.15. The average molecular weight is 297 g/mol. The first-order valence-electron chi connectivity index (χ1n) is 6.47. The number of methoxy groups -OCH3 is 1. The molecule has 0 aromatic heterocycles. The summed E-state index contributed by atoms with van der Waals surface area (Å²) in [4.78, 5) is 24.8. The van der Waals surface area contributed by atoms with Gasteiger partial charge >= 0.3 is 5.97 Å². The Morgan fingerprint density at radius 2 is 2.29 bits per heavy atom. The lowest BCUT2D eigenvalue weighted by Crippen LogP contribution is -2.49. The first-order valence-corrected chi connectivity index (χ1v) is 6.47. The van der Waals surface area contributed by atoms with Gasteiger partial charge in [-0.25, -0.2) is 4.39 Å². The van der Waals surface area contributed by atoms with Crippen molar-refractivity contribution in [1.29, 1.82) is 0 Å². The molecule has 0 aliphatic carbocycles. The van der Waals surface area contributed by atoms with Crippen LogP contribution in [-0.4, -0.2) is 54.8 Å². The summed E-state index contributed by atoms with van der Waals surface area (Å²) in [6, 6.07) is 3.29. The summed E-state index contributed by atoms with van der Waals surface area (Å²) in [5, 5.41) is 8.89. The summed E-state index contributed by atoms with van der Waals surface area (Å²) in [6.45, 7) is 0.826. The lowest BCUT2D eigenvalue weighted by molar-refractivity contribution is -0.139. The van der Waals surface area contributed by atoms with E-state index in [0.29, 0.717) is 13.2 Å². The molecule has 2 rings (SSSR count). The van der Waals surface area contributed by atoms with E-state index in [1.54, 1.807) is 0 Å². The molecule has 1 aromatic rings. The number of hydrogen-bond donors (Lipinski definition) is 1. The standard InChI is InChI=1S/C14H16FNO5/c1-20-12-6-9(2-3-11(12)15)14(19)16-4-5-21-8-10(16)7-13(17)18/h2-3,6,10H,4-5,7-8H2,1H3,(H,17,18). The molecule has 1 atom stereocenters. The van der Waals surface area contributed by atoms with Gasteiger partial charge in [0.25, 0.3) is 5.91 Å². The fourth-order valence-electron chi connectivity index (χ4n) is 2.25. The highest BCUT2D eigenvalue weighted by Gasteiger charge is 2.30. The zero-order valence-electron chi connectivity index (χ0n) is 11.5. The van der Waals surface area contributed by atoms with Gasteiger partial charge in [-0.15, -0.1) is 0 Å². The van der Waals surface area contributed by atoms with Gasteiger partial charge in [-0.1, -0.05) is 0 Å². The Morgan fingerprint density at radius 3 is 2.95 bits per heavy atom. The summed E-state index contributed by atoms with van der Waals surface area (Å²) in [5.74, 6) is -1.94. The molecule has 114 valence electrons. The van der Waals surface area contributed by atoms with Crippen LogP contribution in [0.15, 0.2) is 18.2 Å². The number of morpholine rings is 1. The van der Waals surface area contributed by atoms with E-state index < -0.39 is 17.8 Å². The molecule has 7 heteroatoms. The molecule has 1 N–H and O–H groups in total. The second-order valence-electron chi connectivity index (χ2n) is 4.67. The molecule has 1 unspecified atom stereocenters. The van der Waals surface area contributed by atoms with Crippen LogP contribution in [0.3, 0.4) is 0 Å². The van der Waals surface area contributed by atoms with Crippen molar-refractivity contribution in [2.24, 2.45) is 0 Å². The summed E-state index contributed by atoms with van der Waals surface area (Å²) in [7, 11) is 1.31. The molecule has 0 saturated carbocycles. The highest BCUT2D eigenvalue weighted by molar-refractivity contribution is 5.95. The minimum Gasteiger partial charge on any atom is -0.494 e. The fraction of sp³-hybridized carbons (Fsp3) is 0.429. The van der Waals surface area contributed by atoms with Crippen LogP contribution in [0.5, 0.6) is 5.75 Å². The lowest BCUT2D eigenvalue weighted by atomic mass is 10.1. The summed E-state index contributed by atoms with van der Waals surface area (Å²) in [5.41, 5.74) is 0.255. The van der Waals surface area contributed by atoms with E-state index in [2.05, 4.69) is 0 Å². The Balaban J connectivity index is 2.22. The van der Waals surface area contributed by atoms with Crippen LogP contribution in [0.1, 0.15) is 16.8 Å². The second-order valence-corrected chi connectivity index (χ2v) is 4.67. The number of carboxylic acids is 1. The molecular weight excluding hydrogens is 281 g/mol. The quantitative estimate of drug-likeness (QED) is 0.902. The molecule has 1 fully saturated rings. The number of rotatable bonds is 4. The lowest BCUT2D eigenvalue weighted by Gasteiger charge is -2.34. The number of nitrogens with zero attached hydrogens (tertiary/aromatic N) is 1. The van der Waals surface area contributed by atoms with Gasteiger partial charge in [0, 0.05) is 12.1 Å². The minimum absolute atomic E-state index is 0.0242. The second kappa shape index (κ2) is 6.53. The van der Waals surface area contributed by atoms with E-state index in [0.717, 1.165) is 6.07 Å². The van der Waals surface area contributed by atoms with Gasteiger partial charge in [0.2, 0.25) is 0 Å². The fourth-order valence-corrected chi connectivity index (χ4v) is 2.25. The normalized spacial score (nSPS) is 18.4. The van der Waals surface area contributed by atoms with Crippen LogP contribution in [0.25, 0.3) is 0 Å². The predicted molar refractivity (Wildman–Crippen MR) is 70.8 cm³/mol. The van der Waals surface area contributed by atoms with Crippen LogP contribution >= 0.6 is 0 Å². The minimum atomic E-state index is -1.00. The third-order valence-electron chi connectivity index (χ3n) is 3.30. The van der Waals surface area contributed by atoms with E-state index in [9.17, 15) is 14.0 Å². The number of halogens is 1. The third kappa shape index (κ3) is 3.49. The molecule has 1 aliphatic rings. The molecule has 1 amide bonds. The van der Waals surface area contributed by atoms with E-state index in [-0.39, 0.29) is 30.2 Å². The number of carbonyl (C=O) groups excluding carboxylic acids is 1. The molecule has 21 heavy (non-hydrogen) atoms. The monoisotopic (exact) mass is 297 g/mol. The number of ether oxygens (including phenoxy) is 2. The maximum atomic E-state index is 13.4. The van der Waals surface area contributed by atoms with Gasteiger partial charge in [0.15, 0.2) is 11.6 Å². The topological polar surface area (TPSA) is 76.1 Å². The van der Waals surface area contributed by atoms with Crippen molar-refractivity contribution in [3.8, 4) is 5.75 Å². The molecule has 6 nitrogen and oxygen atoms in total. The molecule has 1 heterocycles. The molecule has 0 bridgehead atoms. The Kier molecular flexibility index (Phi) is 4.74. The third-order valence-corrected chi connectivity index (χ3v) is 3.30. The maximum absolute atomic E-state index is 13.4. The van der Waals surface area contributed by atoms with Crippen molar-refractivity contribution in [2.45, 2.75) is 12.5 Å². The van der Waals surface area contributed by atoms with E-state index in [1.807, 2.05) is 0 Å². The van der Waals surface area contributed by atoms with Gasteiger partial charge in [0.1, 0.15) is 0 Å². The molecule has 0 radical (unpaired) electrons. The summed E-state index contributed by atoms with van der Waals surface area (Å²) in [6.07, 6.45) is -0.190. The van der Waals surface area contributed by atoms with Gasteiger partial charge in [-0.3, -0.25) is 9.59 Å². The number of benzene rings is 1. The average Bonchev–Trinajstić information content (AvgIpc) is 2.47. The molecular formula is C14H16FNO5. The van der Waals surface area contributed by atoms with Gasteiger partial charge < -0.3 is 19.5 Å². The van der Waals surface area contributed by atoms with Crippen molar-refractivity contribution >= 4 is 11.9 Å². The van der Waals surface area contributed by atoms with Gasteiger partial charge in [-0.05, 0) is 18.2 Å². The van der Waals surface area contributed by atoms with Gasteiger partial charge in [-0.2, -0.15) is 0 Å². The maximum Gasteiger partial charge on any atom is 0.305 e. The molecule has 1 aromatic carbocycles. The Labute approximate surface area is 121 Å². The highest BCUT2D eigenvalue weighted by Crippen LogP contribution is 2.21. The van der Waals surface area contributed by atoms with E-state index >= 15 is 0 Å². The molecule has 0 spiro atoms. The van der Waals surface area contributed by atoms with E-state index in [1.165, 1.54) is 24.1 Å². The Morgan fingerprint density at radius 1 is 1.52 bits per heavy atom. The zero-order chi connectivity index (χ0) is 15.4. The van der Waals surface area contributed by atoms with Gasteiger partial charge in [0.05, 0.1) is 32.8 Å². The largest absolute Gasteiger partial charge is 0.494 e. The molecule has 1 saturated heterocycles. The summed E-state index contributed by atoms with van der Waals surface area (Å²) < 4.78 is 23.4. The van der Waals surface area contributed by atoms with Crippen molar-refractivity contribution in [1.82, 2.24) is 4.90 Å². The Bertz CT molecular complexity index is 548. The van der Waals surface area contributed by atoms with Crippen LogP contribution in [0, 0.1) is 5.82 Å². The first kappa shape index (κ1) is 15.2. The van der Waals surface area contributed by atoms with Crippen molar-refractivity contribution in [3.63, 3.8) is 0 Å². The van der Waals surface area contributed by atoms with Crippen molar-refractivity contribution in [3.05, 3.63) is 29.6 Å². The van der Waals surface area contributed by atoms with Crippen molar-refractivity contribution in [2.75, 3.05) is 26.9 Å². The Hall–Kier alpha value is -2.15. The number of hydrogen-bond acceptors (Lipinski definition) is 4. The van der Waals surface area contributed by atoms with Crippen LogP contribution in [0.4, 0.5) is 4.39 Å². The van der Waals surface area contributed by atoms with Crippen LogP contribution in [-0.2, 0) is 9.53 Å². The SMILES string of the molecule is COc1cc(C(=O)N2CCOCC2CC(=O)O)ccc1F. The number of carboxylic acid groups (broad SMARTS) is 1. The number of aliphatic carboxylic acids is 1.